The number of nitrogens with zero attached hydrogens (tertiary/aromatic N) is 1. The molecule has 5 heteroatoms. The first kappa shape index (κ1) is 11.4. The maximum atomic E-state index is 11.9. The summed E-state index contributed by atoms with van der Waals surface area (Å²) in [5, 5.41) is 5.08. The molecule has 1 aromatic carbocycles. The molecule has 0 aliphatic carbocycles. The second kappa shape index (κ2) is 4.05. The van der Waals surface area contributed by atoms with Crippen molar-refractivity contribution in [3.05, 3.63) is 51.2 Å². The first-order chi connectivity index (χ1) is 9.72. The van der Waals surface area contributed by atoms with E-state index in [1.165, 1.54) is 0 Å². The summed E-state index contributed by atoms with van der Waals surface area (Å²) < 4.78 is 0. The summed E-state index contributed by atoms with van der Waals surface area (Å²) in [6, 6.07) is 7.94. The van der Waals surface area contributed by atoms with Gasteiger partial charge in [-0.1, -0.05) is 6.07 Å². The average molecular weight is 281 g/mol. The third-order valence-electron chi connectivity index (χ3n) is 3.45. The number of thiazole rings is 1. The van der Waals surface area contributed by atoms with Gasteiger partial charge in [-0.3, -0.25) is 4.79 Å². The molecular formula is C15H11N3OS. The van der Waals surface area contributed by atoms with Crippen molar-refractivity contribution in [2.75, 3.05) is 0 Å². The average Bonchev–Trinajstić information content (AvgIpc) is 3.07. The van der Waals surface area contributed by atoms with Crippen molar-refractivity contribution in [2.24, 2.45) is 0 Å². The summed E-state index contributed by atoms with van der Waals surface area (Å²) in [5.74, 6) is 0. The van der Waals surface area contributed by atoms with Gasteiger partial charge >= 0.3 is 0 Å². The molecule has 98 valence electrons. The molecule has 0 aliphatic rings. The predicted octanol–water partition coefficient (Wildman–Crippen LogP) is 3.44. The van der Waals surface area contributed by atoms with Crippen LogP contribution in [-0.4, -0.2) is 15.0 Å². The highest BCUT2D eigenvalue weighted by Gasteiger charge is 2.08. The number of H-pyrrole nitrogens is 2. The zero-order valence-corrected chi connectivity index (χ0v) is 11.5. The van der Waals surface area contributed by atoms with Crippen LogP contribution in [0, 0.1) is 6.92 Å². The molecule has 0 fully saturated rings. The van der Waals surface area contributed by atoms with Crippen molar-refractivity contribution in [2.45, 2.75) is 6.92 Å². The highest BCUT2D eigenvalue weighted by Crippen LogP contribution is 2.27. The van der Waals surface area contributed by atoms with E-state index < -0.39 is 0 Å². The third-order valence-corrected chi connectivity index (χ3v) is 4.22. The Hall–Kier alpha value is -2.40. The molecule has 0 bridgehead atoms. The van der Waals surface area contributed by atoms with Gasteiger partial charge in [0.05, 0.1) is 10.7 Å². The van der Waals surface area contributed by atoms with Crippen LogP contribution in [0.2, 0.25) is 0 Å². The van der Waals surface area contributed by atoms with Gasteiger partial charge in [0, 0.05) is 33.4 Å². The van der Waals surface area contributed by atoms with Crippen LogP contribution in [-0.2, 0) is 0 Å². The maximum Gasteiger partial charge on any atom is 0.272 e. The fraction of sp³-hybridized carbons (Fsp3) is 0.0667. The molecule has 0 radical (unpaired) electrons. The molecular weight excluding hydrogens is 270 g/mol. The fourth-order valence-corrected chi connectivity index (χ4v) is 3.12. The van der Waals surface area contributed by atoms with Crippen LogP contribution in [0.1, 0.15) is 5.01 Å². The number of pyridine rings is 1. The Morgan fingerprint density at radius 2 is 2.10 bits per heavy atom. The van der Waals surface area contributed by atoms with Crippen LogP contribution < -0.4 is 5.56 Å². The second-order valence-corrected chi connectivity index (χ2v) is 5.79. The van der Waals surface area contributed by atoms with E-state index in [0.29, 0.717) is 5.52 Å². The molecule has 0 amide bonds. The van der Waals surface area contributed by atoms with Crippen LogP contribution in [0.4, 0.5) is 0 Å². The largest absolute Gasteiger partial charge is 0.357 e. The molecule has 0 saturated heterocycles. The third kappa shape index (κ3) is 1.60. The minimum Gasteiger partial charge on any atom is -0.357 e. The molecule has 0 saturated carbocycles. The zero-order chi connectivity index (χ0) is 13.7. The summed E-state index contributed by atoms with van der Waals surface area (Å²) in [5.41, 5.74) is 3.41. The van der Waals surface area contributed by atoms with Crippen LogP contribution >= 0.6 is 11.3 Å². The van der Waals surface area contributed by atoms with Gasteiger partial charge in [0.1, 0.15) is 5.52 Å². The maximum absolute atomic E-state index is 11.9. The molecule has 4 rings (SSSR count). The number of aromatic nitrogens is 3. The number of fused-ring (bicyclic) bond motifs is 3. The van der Waals surface area contributed by atoms with E-state index in [4.69, 9.17) is 0 Å². The molecule has 0 aliphatic heterocycles. The molecule has 4 aromatic rings. The van der Waals surface area contributed by atoms with Gasteiger partial charge in [0.25, 0.3) is 5.56 Å². The lowest BCUT2D eigenvalue weighted by atomic mass is 10.1. The van der Waals surface area contributed by atoms with E-state index in [9.17, 15) is 4.79 Å². The van der Waals surface area contributed by atoms with Crippen molar-refractivity contribution in [1.29, 1.82) is 0 Å². The van der Waals surface area contributed by atoms with Gasteiger partial charge in [-0.2, -0.15) is 0 Å². The Bertz CT molecular complexity index is 993. The van der Waals surface area contributed by atoms with Gasteiger partial charge in [-0.15, -0.1) is 11.3 Å². The summed E-state index contributed by atoms with van der Waals surface area (Å²) >= 11 is 1.64. The Morgan fingerprint density at radius 3 is 2.90 bits per heavy atom. The first-order valence-electron chi connectivity index (χ1n) is 6.28. The van der Waals surface area contributed by atoms with E-state index in [2.05, 4.69) is 26.4 Å². The van der Waals surface area contributed by atoms with E-state index >= 15 is 0 Å². The lowest BCUT2D eigenvalue weighted by Crippen LogP contribution is -2.05. The first-order valence-corrected chi connectivity index (χ1v) is 7.16. The Balaban J connectivity index is 2.08. The number of aryl methyl sites for hydroxylation is 1. The number of aromatic amines is 2. The quantitative estimate of drug-likeness (QED) is 0.561. The summed E-state index contributed by atoms with van der Waals surface area (Å²) in [6.07, 6.45) is 1.79. The van der Waals surface area contributed by atoms with E-state index in [1.54, 1.807) is 17.5 Å². The van der Waals surface area contributed by atoms with Gasteiger partial charge in [-0.05, 0) is 25.1 Å². The van der Waals surface area contributed by atoms with Gasteiger partial charge in [0.2, 0.25) is 0 Å². The molecule has 4 nitrogen and oxygen atoms in total. The Labute approximate surface area is 118 Å². The molecule has 2 N–H and O–H groups in total. The van der Waals surface area contributed by atoms with E-state index in [0.717, 1.165) is 32.6 Å². The Morgan fingerprint density at radius 1 is 1.20 bits per heavy atom. The molecule has 0 atom stereocenters. The van der Waals surface area contributed by atoms with Crippen molar-refractivity contribution in [1.82, 2.24) is 15.0 Å². The Kier molecular flexibility index (Phi) is 2.31. The summed E-state index contributed by atoms with van der Waals surface area (Å²) in [4.78, 5) is 22.3. The molecule has 0 unspecified atom stereocenters. The zero-order valence-electron chi connectivity index (χ0n) is 10.7. The predicted molar refractivity (Wildman–Crippen MR) is 82.3 cm³/mol. The van der Waals surface area contributed by atoms with Crippen LogP contribution in [0.5, 0.6) is 0 Å². The van der Waals surface area contributed by atoms with Crippen molar-refractivity contribution in [3.63, 3.8) is 0 Å². The van der Waals surface area contributed by atoms with Gasteiger partial charge < -0.3 is 9.97 Å². The minimum atomic E-state index is -0.0882. The highest BCUT2D eigenvalue weighted by molar-refractivity contribution is 7.09. The van der Waals surface area contributed by atoms with Crippen molar-refractivity contribution in [3.8, 4) is 11.3 Å². The second-order valence-electron chi connectivity index (χ2n) is 4.73. The lowest BCUT2D eigenvalue weighted by Gasteiger charge is -2.03. The summed E-state index contributed by atoms with van der Waals surface area (Å²) in [6.45, 7) is 2.00. The number of rotatable bonds is 1. The van der Waals surface area contributed by atoms with Gasteiger partial charge in [0.15, 0.2) is 0 Å². The topological polar surface area (TPSA) is 61.5 Å². The standard InChI is InChI=1S/C15H11N3OS/c1-8-17-13(7-20-8)9-2-3-12-11(6-9)10-4-5-16-14(10)15(19)18-12/h2-7,16H,1H3,(H,18,19). The normalized spacial score (nSPS) is 11.4. The van der Waals surface area contributed by atoms with Crippen molar-refractivity contribution >= 4 is 33.1 Å². The van der Waals surface area contributed by atoms with Crippen LogP contribution in [0.15, 0.2) is 40.6 Å². The highest BCUT2D eigenvalue weighted by atomic mass is 32.1. The monoisotopic (exact) mass is 281 g/mol. The van der Waals surface area contributed by atoms with Crippen molar-refractivity contribution < 1.29 is 0 Å². The number of hydrogen-bond acceptors (Lipinski definition) is 3. The fourth-order valence-electron chi connectivity index (χ4n) is 2.50. The molecule has 20 heavy (non-hydrogen) atoms. The lowest BCUT2D eigenvalue weighted by molar-refractivity contribution is 1.29. The smallest absolute Gasteiger partial charge is 0.272 e. The summed E-state index contributed by atoms with van der Waals surface area (Å²) in [7, 11) is 0. The van der Waals surface area contributed by atoms with Crippen LogP contribution in [0.25, 0.3) is 33.1 Å². The minimum absolute atomic E-state index is 0.0882. The SMILES string of the molecule is Cc1nc(-c2ccc3[nH]c(=O)c4[nH]ccc4c3c2)cs1. The van der Waals surface area contributed by atoms with E-state index in [-0.39, 0.29) is 5.56 Å². The number of nitrogens with one attached hydrogen (secondary N) is 2. The van der Waals surface area contributed by atoms with E-state index in [1.807, 2.05) is 25.1 Å². The molecule has 3 aromatic heterocycles. The van der Waals surface area contributed by atoms with Gasteiger partial charge in [-0.25, -0.2) is 4.98 Å². The number of hydrogen-bond donors (Lipinski definition) is 2. The molecule has 3 heterocycles. The van der Waals surface area contributed by atoms with Crippen LogP contribution in [0.3, 0.4) is 0 Å². The number of benzene rings is 1. The molecule has 0 spiro atoms.